The van der Waals surface area contributed by atoms with E-state index in [1.54, 1.807) is 43.9 Å². The van der Waals surface area contributed by atoms with Crippen LogP contribution in [0.2, 0.25) is 0 Å². The van der Waals surface area contributed by atoms with Gasteiger partial charge in [0.25, 0.3) is 47.3 Å². The number of rotatable bonds is 6. The summed E-state index contributed by atoms with van der Waals surface area (Å²) in [6, 6.07) is 31.3. The molecule has 18 rings (SSSR count). The maximum Gasteiger partial charge on any atom is 0.262 e. The summed E-state index contributed by atoms with van der Waals surface area (Å²) in [5.41, 5.74) is 18.0. The highest BCUT2D eigenvalue weighted by Crippen LogP contribution is 2.43. The monoisotopic (exact) mass is 2000 g/mol. The molecule has 12 aliphatic rings. The summed E-state index contributed by atoms with van der Waals surface area (Å²) in [6.45, 7) is 82.6. The van der Waals surface area contributed by atoms with E-state index in [2.05, 4.69) is 166 Å². The van der Waals surface area contributed by atoms with Gasteiger partial charge in [0, 0.05) is 83.3 Å². The quantitative estimate of drug-likeness (QED) is 0.0844. The third-order valence-electron chi connectivity index (χ3n) is 26.7. The van der Waals surface area contributed by atoms with Crippen molar-refractivity contribution in [3.05, 3.63) is 271 Å². The first-order chi connectivity index (χ1) is 68.5. The minimum absolute atomic E-state index is 0.00266. The van der Waals surface area contributed by atoms with Gasteiger partial charge in [0.05, 0.1) is 22.3 Å². The lowest BCUT2D eigenvalue weighted by molar-refractivity contribution is -0.136. The Morgan fingerprint density at radius 2 is 0.541 bits per heavy atom. The van der Waals surface area contributed by atoms with E-state index in [-0.39, 0.29) is 122 Å². The number of nitrogens with one attached hydrogen (secondary N) is 6. The Hall–Kier alpha value is -13.3. The van der Waals surface area contributed by atoms with Crippen LogP contribution in [0, 0.1) is 0 Å². The van der Waals surface area contributed by atoms with Crippen molar-refractivity contribution in [3.8, 4) is 0 Å². The number of amides is 15. The summed E-state index contributed by atoms with van der Waals surface area (Å²) >= 11 is 0. The maximum absolute atomic E-state index is 12.9. The molecule has 6 aromatic carbocycles. The highest BCUT2D eigenvalue weighted by Gasteiger charge is 2.50. The molecule has 6 atom stereocenters. The number of carbonyl (C=O) groups excluding carboxylic acids is 15. The van der Waals surface area contributed by atoms with Crippen LogP contribution < -0.4 is 31.9 Å². The average molecular weight is 2000 g/mol. The molecule has 12 heterocycles. The molecular formula is C119H162N12O15. The number of nitrogens with zero attached hydrogens (tertiary/aromatic N) is 6. The number of allylic oxidation sites excluding steroid dienone is 5. The van der Waals surface area contributed by atoms with Gasteiger partial charge in [-0.3, -0.25) is 87.0 Å². The summed E-state index contributed by atoms with van der Waals surface area (Å²) in [6.07, 6.45) is 6.77. The second-order valence-corrected chi connectivity index (χ2v) is 42.8. The van der Waals surface area contributed by atoms with Crippen molar-refractivity contribution in [3.63, 3.8) is 0 Å². The Kier molecular flexibility index (Phi) is 40.7. The zero-order valence-electron chi connectivity index (χ0n) is 92.5. The molecular weight excluding hydrogens is 1840 g/mol. The number of piperidine rings is 6. The molecule has 0 saturated carbocycles. The summed E-state index contributed by atoms with van der Waals surface area (Å²) < 4.78 is 0. The third kappa shape index (κ3) is 26.9. The largest absolute Gasteiger partial charge is 0.329 e. The van der Waals surface area contributed by atoms with Gasteiger partial charge >= 0.3 is 0 Å². The lowest BCUT2D eigenvalue weighted by atomic mass is 9.82. The second kappa shape index (κ2) is 49.7. The van der Waals surface area contributed by atoms with Crippen LogP contribution in [0.1, 0.15) is 423 Å². The first-order valence-corrected chi connectivity index (χ1v) is 52.1. The predicted molar refractivity (Wildman–Crippen MR) is 577 cm³/mol. The van der Waals surface area contributed by atoms with Crippen molar-refractivity contribution in [1.82, 2.24) is 61.3 Å². The van der Waals surface area contributed by atoms with Crippen LogP contribution in [0.3, 0.4) is 0 Å². The predicted octanol–water partition coefficient (Wildman–Crippen LogP) is 20.8. The fourth-order valence-corrected chi connectivity index (χ4v) is 19.1. The molecule has 0 spiro atoms. The fraction of sp³-hybridized carbons (Fsp3) is 0.487. The topological polar surface area (TPSA) is 348 Å². The SMILES string of the molecule is C=C1CCC(N2C(=O)c3ccc(C(C)(C)C)cc3C2=O)C(=O)N1.C=C1CCC(N2Cc3c(cccc3C(C)(C)C)C2=O)C(=O)N1.C=C1CCC(N2Cc3cc(C(C)(C)C)ccc3C2=O)C(=O)N1.C=C1CCC(N2Cc3ccc(C(C)(C)C)cc3C2=O)C(=O)N1.C=C1CCC(N2Cc3cccc(C(C)(C)C)c3C2=O)C(=O)N1.CC.CC.CC.CC.CC.CC.CC(C)(C)c1cccc2c1C(=O)N(C1CCC(=O)NC1=O)C2=O. The Balaban J connectivity index is 0.000000232. The standard InChI is InChI=1S/C18H20N2O3.4C18H22N2O2.C17H18N2O4.6C2H6/c1-10-5-8-14(15(21)19-10)20-16(22)12-7-6-11(18(2,3)4)9-13(12)17(20)23;1-11-5-8-15(16(21)19-11)20-10-12-9-13(18(2,3)4)6-7-14(12)17(20)22;1-11-5-8-15(16(21)19-11)20-10-12-6-7-13(18(2,3)4)9-14(12)17(20)22;1-11-8-9-15(16(21)19-11)20-10-13-12(17(20)22)6-5-7-14(13)18(2,3)4;1-11-8-9-14(16(21)19-11)20-10-12-6-5-7-13(18(2,3)4)15(12)17(20)22;1-17(2,3)10-6-4-5-9-13(10)16(23)19(15(9)22)11-7-8-12(20)18-14(11)21;6*1-2/h6-7,9,14H,1,5,8H2,2-4H3,(H,19,21);2*6-7,9,15H,1,5,8,10H2,2-4H3,(H,19,21);5-7,15H,1,8-10H2,2-4H3,(H,19,21);5-7,14H,1,8-10H2,2-4H3,(H,19,21);4-6,11H,7-8H2,1-3H3,(H,18,20,21);6*1-2H3. The molecule has 6 aromatic rings. The molecule has 12 aliphatic heterocycles. The van der Waals surface area contributed by atoms with Gasteiger partial charge in [-0.05, 0) is 195 Å². The number of hydrogen-bond acceptors (Lipinski definition) is 15. The highest BCUT2D eigenvalue weighted by molar-refractivity contribution is 6.25. The zero-order chi connectivity index (χ0) is 110. The molecule has 788 valence electrons. The summed E-state index contributed by atoms with van der Waals surface area (Å²) in [4.78, 5) is 195. The zero-order valence-corrected chi connectivity index (χ0v) is 92.5. The molecule has 146 heavy (non-hydrogen) atoms. The van der Waals surface area contributed by atoms with E-state index in [4.69, 9.17) is 0 Å². The molecule has 15 amide bonds. The van der Waals surface area contributed by atoms with Crippen LogP contribution in [0.25, 0.3) is 0 Å². The lowest BCUT2D eigenvalue weighted by Crippen LogP contribution is -2.54. The van der Waals surface area contributed by atoms with Crippen LogP contribution in [-0.2, 0) is 92.2 Å². The van der Waals surface area contributed by atoms with E-state index >= 15 is 0 Å². The summed E-state index contributed by atoms with van der Waals surface area (Å²) in [7, 11) is 0. The molecule has 27 nitrogen and oxygen atoms in total. The highest BCUT2D eigenvalue weighted by atomic mass is 16.2. The lowest BCUT2D eigenvalue weighted by Gasteiger charge is -2.31. The van der Waals surface area contributed by atoms with Crippen molar-refractivity contribution in [2.24, 2.45) is 0 Å². The number of imide groups is 3. The average Bonchev–Trinajstić information content (AvgIpc) is 1.58. The normalized spacial score (nSPS) is 20.2. The van der Waals surface area contributed by atoms with Crippen LogP contribution in [0.15, 0.2) is 171 Å². The first kappa shape index (κ1) is 120. The fourth-order valence-electron chi connectivity index (χ4n) is 19.1. The van der Waals surface area contributed by atoms with E-state index in [0.29, 0.717) is 92.7 Å². The molecule has 6 saturated heterocycles. The van der Waals surface area contributed by atoms with Gasteiger partial charge in [0.15, 0.2) is 0 Å². The molecule has 0 radical (unpaired) electrons. The van der Waals surface area contributed by atoms with Crippen LogP contribution >= 0.6 is 0 Å². The van der Waals surface area contributed by atoms with Crippen LogP contribution in [0.5, 0.6) is 0 Å². The maximum atomic E-state index is 12.9. The van der Waals surface area contributed by atoms with Gasteiger partial charge in [0.1, 0.15) is 36.3 Å². The van der Waals surface area contributed by atoms with E-state index in [0.717, 1.165) is 125 Å². The first-order valence-electron chi connectivity index (χ1n) is 52.1. The van der Waals surface area contributed by atoms with Crippen molar-refractivity contribution in [2.75, 3.05) is 0 Å². The molecule has 0 aromatic heterocycles. The molecule has 27 heteroatoms. The minimum Gasteiger partial charge on any atom is -0.329 e. The molecule has 6 N–H and O–H groups in total. The molecule has 6 unspecified atom stereocenters. The van der Waals surface area contributed by atoms with Gasteiger partial charge < -0.3 is 46.2 Å². The van der Waals surface area contributed by atoms with Crippen LogP contribution in [-0.4, -0.2) is 154 Å². The third-order valence-corrected chi connectivity index (χ3v) is 26.7. The van der Waals surface area contributed by atoms with E-state index in [9.17, 15) is 71.9 Å². The van der Waals surface area contributed by atoms with E-state index < -0.39 is 47.8 Å². The van der Waals surface area contributed by atoms with Crippen molar-refractivity contribution >= 4 is 88.6 Å². The smallest absolute Gasteiger partial charge is 0.262 e. The minimum atomic E-state index is -0.923. The summed E-state index contributed by atoms with van der Waals surface area (Å²) in [5.74, 6) is -3.60. The van der Waals surface area contributed by atoms with Crippen molar-refractivity contribution < 1.29 is 71.9 Å². The van der Waals surface area contributed by atoms with Gasteiger partial charge in [0.2, 0.25) is 41.4 Å². The second-order valence-electron chi connectivity index (χ2n) is 42.8. The molecule has 6 fully saturated rings. The summed E-state index contributed by atoms with van der Waals surface area (Å²) in [5, 5.41) is 15.9. The Labute approximate surface area is 867 Å². The van der Waals surface area contributed by atoms with Gasteiger partial charge in [-0.2, -0.15) is 0 Å². The number of carbonyl (C=O) groups is 15. The van der Waals surface area contributed by atoms with Gasteiger partial charge in [-0.1, -0.05) is 313 Å². The number of benzene rings is 6. The Bertz CT molecular complexity index is 5960. The van der Waals surface area contributed by atoms with Gasteiger partial charge in [-0.25, -0.2) is 0 Å². The van der Waals surface area contributed by atoms with Crippen LogP contribution in [0.4, 0.5) is 0 Å². The Morgan fingerprint density at radius 3 is 0.952 bits per heavy atom. The Morgan fingerprint density at radius 1 is 0.240 bits per heavy atom. The van der Waals surface area contributed by atoms with E-state index in [1.165, 1.54) is 11.1 Å². The molecule has 0 bridgehead atoms. The number of fused-ring (bicyclic) bond motifs is 6. The van der Waals surface area contributed by atoms with E-state index in [1.807, 2.05) is 191 Å². The van der Waals surface area contributed by atoms with Crippen molar-refractivity contribution in [1.29, 1.82) is 0 Å². The molecule has 0 aliphatic carbocycles. The van der Waals surface area contributed by atoms with Gasteiger partial charge in [-0.15, -0.1) is 0 Å². The van der Waals surface area contributed by atoms with Crippen molar-refractivity contribution in [2.45, 2.75) is 380 Å². The number of hydrogen-bond donors (Lipinski definition) is 6.